The Kier molecular flexibility index (Phi) is 8.23. The Bertz CT molecular complexity index is 354. The quantitative estimate of drug-likeness (QED) is 0.518. The first kappa shape index (κ1) is 15.6. The second-order valence-corrected chi connectivity index (χ2v) is 5.82. The molecule has 0 bridgehead atoms. The zero-order valence-corrected chi connectivity index (χ0v) is 12.6. The van der Waals surface area contributed by atoms with Gasteiger partial charge in [-0.05, 0) is 44.0 Å². The molecular weight excluding hydrogens is 262 g/mol. The zero-order valence-electron chi connectivity index (χ0n) is 11.0. The molecule has 0 aliphatic heterocycles. The molecule has 100 valence electrons. The Morgan fingerprint density at radius 3 is 3.00 bits per heavy atom. The number of halogens is 1. The van der Waals surface area contributed by atoms with Crippen molar-refractivity contribution in [1.82, 2.24) is 5.32 Å². The van der Waals surface area contributed by atoms with Crippen LogP contribution in [-0.4, -0.2) is 18.3 Å². The van der Waals surface area contributed by atoms with Gasteiger partial charge in [0.1, 0.15) is 0 Å². The summed E-state index contributed by atoms with van der Waals surface area (Å²) in [6, 6.07) is 8.60. The van der Waals surface area contributed by atoms with E-state index in [0.29, 0.717) is 6.04 Å². The second-order valence-electron chi connectivity index (χ2n) is 4.29. The molecule has 0 saturated heterocycles. The summed E-state index contributed by atoms with van der Waals surface area (Å²) < 4.78 is 0. The average molecular weight is 284 g/mol. The first-order chi connectivity index (χ1) is 8.76. The van der Waals surface area contributed by atoms with Crippen LogP contribution >= 0.6 is 23.4 Å². The lowest BCUT2D eigenvalue weighted by Gasteiger charge is -2.17. The van der Waals surface area contributed by atoms with Gasteiger partial charge in [-0.25, -0.2) is 0 Å². The molecule has 0 spiro atoms. The number of hydrogen-bond acceptors (Lipinski definition) is 2. The summed E-state index contributed by atoms with van der Waals surface area (Å²) in [6.07, 6.45) is 5.38. The molecule has 1 atom stereocenters. The molecule has 0 aliphatic rings. The Labute approximate surface area is 120 Å². The van der Waals surface area contributed by atoms with Gasteiger partial charge in [0.25, 0.3) is 0 Å². The molecule has 1 aromatic carbocycles. The topological polar surface area (TPSA) is 12.0 Å². The van der Waals surface area contributed by atoms with Crippen molar-refractivity contribution in [2.45, 2.75) is 37.1 Å². The molecule has 0 saturated carbocycles. The fourth-order valence-electron chi connectivity index (χ4n) is 1.67. The molecule has 18 heavy (non-hydrogen) atoms. The lowest BCUT2D eigenvalue weighted by Crippen LogP contribution is -2.31. The number of hydrogen-bond donors (Lipinski definition) is 1. The van der Waals surface area contributed by atoms with E-state index in [-0.39, 0.29) is 0 Å². The Hall–Kier alpha value is -0.440. The van der Waals surface area contributed by atoms with Crippen LogP contribution in [0.1, 0.15) is 26.2 Å². The van der Waals surface area contributed by atoms with Gasteiger partial charge in [-0.1, -0.05) is 30.7 Å². The smallest absolute Gasteiger partial charge is 0.0417 e. The molecular formula is C15H22ClNS. The van der Waals surface area contributed by atoms with E-state index in [1.165, 1.54) is 11.3 Å². The first-order valence-electron chi connectivity index (χ1n) is 6.49. The molecule has 1 unspecified atom stereocenters. The third-order valence-corrected chi connectivity index (χ3v) is 4.04. The molecule has 0 fully saturated rings. The zero-order chi connectivity index (χ0) is 13.2. The van der Waals surface area contributed by atoms with E-state index in [1.807, 2.05) is 36.0 Å². The molecule has 0 aliphatic carbocycles. The van der Waals surface area contributed by atoms with Gasteiger partial charge < -0.3 is 5.32 Å². The molecule has 0 aromatic heterocycles. The van der Waals surface area contributed by atoms with Crippen LogP contribution in [0.2, 0.25) is 5.02 Å². The monoisotopic (exact) mass is 283 g/mol. The number of nitrogens with one attached hydrogen (secondary N) is 1. The van der Waals surface area contributed by atoms with E-state index in [1.54, 1.807) is 0 Å². The molecule has 0 radical (unpaired) electrons. The largest absolute Gasteiger partial charge is 0.313 e. The maximum absolute atomic E-state index is 5.99. The SMILES string of the molecule is C=CCCC(CSc1cccc(Cl)c1)NCCC. The predicted molar refractivity (Wildman–Crippen MR) is 83.7 cm³/mol. The van der Waals surface area contributed by atoms with Crippen LogP contribution in [0.25, 0.3) is 0 Å². The summed E-state index contributed by atoms with van der Waals surface area (Å²) in [5.74, 6) is 1.08. The van der Waals surface area contributed by atoms with E-state index < -0.39 is 0 Å². The van der Waals surface area contributed by atoms with Gasteiger partial charge >= 0.3 is 0 Å². The van der Waals surface area contributed by atoms with Crippen molar-refractivity contribution in [2.75, 3.05) is 12.3 Å². The highest BCUT2D eigenvalue weighted by atomic mass is 35.5. The average Bonchev–Trinajstić information content (AvgIpc) is 2.38. The van der Waals surface area contributed by atoms with Crippen LogP contribution in [0.15, 0.2) is 41.8 Å². The Morgan fingerprint density at radius 1 is 1.50 bits per heavy atom. The number of rotatable bonds is 9. The summed E-state index contributed by atoms with van der Waals surface area (Å²) in [6.45, 7) is 7.07. The molecule has 1 rings (SSSR count). The van der Waals surface area contributed by atoms with Gasteiger partial charge in [0.2, 0.25) is 0 Å². The van der Waals surface area contributed by atoms with Gasteiger partial charge in [-0.15, -0.1) is 18.3 Å². The summed E-state index contributed by atoms with van der Waals surface area (Å²) in [5, 5.41) is 4.40. The highest BCUT2D eigenvalue weighted by molar-refractivity contribution is 7.99. The van der Waals surface area contributed by atoms with E-state index in [4.69, 9.17) is 11.6 Å². The van der Waals surface area contributed by atoms with Gasteiger partial charge in [-0.2, -0.15) is 0 Å². The second kappa shape index (κ2) is 9.48. The van der Waals surface area contributed by atoms with Crippen LogP contribution in [0.4, 0.5) is 0 Å². The van der Waals surface area contributed by atoms with E-state index in [2.05, 4.69) is 24.9 Å². The highest BCUT2D eigenvalue weighted by Gasteiger charge is 2.07. The summed E-state index contributed by atoms with van der Waals surface area (Å²) in [7, 11) is 0. The molecule has 3 heteroatoms. The summed E-state index contributed by atoms with van der Waals surface area (Å²) >= 11 is 7.85. The molecule has 1 N–H and O–H groups in total. The van der Waals surface area contributed by atoms with Crippen LogP contribution in [0.3, 0.4) is 0 Å². The molecule has 0 heterocycles. The van der Waals surface area contributed by atoms with Crippen molar-refractivity contribution in [1.29, 1.82) is 0 Å². The van der Waals surface area contributed by atoms with Crippen LogP contribution in [-0.2, 0) is 0 Å². The Morgan fingerprint density at radius 2 is 2.33 bits per heavy atom. The van der Waals surface area contributed by atoms with Gasteiger partial charge in [0.15, 0.2) is 0 Å². The van der Waals surface area contributed by atoms with Crippen molar-refractivity contribution in [2.24, 2.45) is 0 Å². The van der Waals surface area contributed by atoms with Crippen molar-refractivity contribution in [3.63, 3.8) is 0 Å². The molecule has 1 aromatic rings. The minimum atomic E-state index is 0.548. The standard InChI is InChI=1S/C15H22ClNS/c1-3-5-8-14(17-10-4-2)12-18-15-9-6-7-13(16)11-15/h3,6-7,9,11,14,17H,1,4-5,8,10,12H2,2H3. The number of allylic oxidation sites excluding steroid dienone is 1. The fourth-order valence-corrected chi connectivity index (χ4v) is 2.98. The minimum Gasteiger partial charge on any atom is -0.313 e. The molecule has 0 amide bonds. The highest BCUT2D eigenvalue weighted by Crippen LogP contribution is 2.23. The fraction of sp³-hybridized carbons (Fsp3) is 0.467. The van der Waals surface area contributed by atoms with Crippen molar-refractivity contribution in [3.05, 3.63) is 41.9 Å². The first-order valence-corrected chi connectivity index (χ1v) is 7.85. The maximum Gasteiger partial charge on any atom is 0.0417 e. The van der Waals surface area contributed by atoms with Crippen molar-refractivity contribution < 1.29 is 0 Å². The minimum absolute atomic E-state index is 0.548. The number of thioether (sulfide) groups is 1. The number of benzene rings is 1. The van der Waals surface area contributed by atoms with Gasteiger partial charge in [0, 0.05) is 21.7 Å². The Balaban J connectivity index is 2.41. The van der Waals surface area contributed by atoms with Crippen molar-refractivity contribution in [3.8, 4) is 0 Å². The molecule has 1 nitrogen and oxygen atoms in total. The van der Waals surface area contributed by atoms with Crippen molar-refractivity contribution >= 4 is 23.4 Å². The summed E-state index contributed by atoms with van der Waals surface area (Å²) in [4.78, 5) is 1.24. The van der Waals surface area contributed by atoms with E-state index >= 15 is 0 Å². The third kappa shape index (κ3) is 6.48. The van der Waals surface area contributed by atoms with E-state index in [0.717, 1.165) is 30.2 Å². The lowest BCUT2D eigenvalue weighted by atomic mass is 10.2. The lowest BCUT2D eigenvalue weighted by molar-refractivity contribution is 0.524. The normalized spacial score (nSPS) is 12.3. The maximum atomic E-state index is 5.99. The van der Waals surface area contributed by atoms with Gasteiger partial charge in [-0.3, -0.25) is 0 Å². The predicted octanol–water partition coefficient (Wildman–Crippen LogP) is 4.77. The van der Waals surface area contributed by atoms with Crippen LogP contribution in [0.5, 0.6) is 0 Å². The van der Waals surface area contributed by atoms with Gasteiger partial charge in [0.05, 0.1) is 0 Å². The third-order valence-electron chi connectivity index (χ3n) is 2.65. The van der Waals surface area contributed by atoms with Crippen LogP contribution < -0.4 is 5.32 Å². The van der Waals surface area contributed by atoms with E-state index in [9.17, 15) is 0 Å². The summed E-state index contributed by atoms with van der Waals surface area (Å²) in [5.41, 5.74) is 0. The van der Waals surface area contributed by atoms with Crippen LogP contribution in [0, 0.1) is 0 Å².